The van der Waals surface area contributed by atoms with E-state index in [0.29, 0.717) is 19.3 Å². The van der Waals surface area contributed by atoms with Crippen LogP contribution in [0.3, 0.4) is 0 Å². The summed E-state index contributed by atoms with van der Waals surface area (Å²) in [6.07, 6.45) is 4.53. The Kier molecular flexibility index (Phi) is 14.4. The van der Waals surface area contributed by atoms with E-state index in [0.717, 1.165) is 5.57 Å². The molecule has 4 amide bonds. The maximum atomic E-state index is 14.4. The van der Waals surface area contributed by atoms with Crippen molar-refractivity contribution in [2.75, 3.05) is 31.8 Å². The molecule has 3 fully saturated rings. The molecule has 4 aliphatic carbocycles. The van der Waals surface area contributed by atoms with Gasteiger partial charge in [0.2, 0.25) is 29.4 Å². The first kappa shape index (κ1) is 44.3. The van der Waals surface area contributed by atoms with Gasteiger partial charge in [-0.1, -0.05) is 67.4 Å². The lowest BCUT2D eigenvalue weighted by atomic mass is 9.45. The molecule has 0 aromatic carbocycles. The molecule has 16 nitrogen and oxygen atoms in total. The van der Waals surface area contributed by atoms with Crippen molar-refractivity contribution in [3.63, 3.8) is 0 Å². The summed E-state index contributed by atoms with van der Waals surface area (Å²) in [6.45, 7) is 5.27. The number of allylic oxidation sites excluding steroid dienone is 2. The molecule has 4 rings (SSSR count). The van der Waals surface area contributed by atoms with Crippen LogP contribution in [0, 0.1) is 28.6 Å². The number of fused-ring (bicyclic) bond motifs is 5. The maximum absolute atomic E-state index is 14.4. The van der Waals surface area contributed by atoms with Crippen molar-refractivity contribution in [1.82, 2.24) is 21.3 Å². The number of aliphatic hydroxyl groups is 2. The van der Waals surface area contributed by atoms with Crippen LogP contribution in [0.25, 0.3) is 0 Å². The number of aliphatic carboxylic acids is 1. The van der Waals surface area contributed by atoms with Gasteiger partial charge in [0.25, 0.3) is 0 Å². The van der Waals surface area contributed by atoms with Crippen molar-refractivity contribution >= 4 is 68.9 Å². The first-order valence-corrected chi connectivity index (χ1v) is 20.0. The average molecular weight is 860 g/mol. The number of rotatable bonds is 17. The van der Waals surface area contributed by atoms with Crippen molar-refractivity contribution < 1.29 is 58.4 Å². The van der Waals surface area contributed by atoms with Gasteiger partial charge in [-0.2, -0.15) is 0 Å². The zero-order valence-electron chi connectivity index (χ0n) is 31.5. The predicted octanol–water partition coefficient (Wildman–Crippen LogP) is 0.993. The van der Waals surface area contributed by atoms with Crippen molar-refractivity contribution in [1.29, 1.82) is 0 Å². The van der Waals surface area contributed by atoms with Crippen LogP contribution >= 0.6 is 27.5 Å². The maximum Gasteiger partial charge on any atom is 0.306 e. The van der Waals surface area contributed by atoms with Crippen LogP contribution < -0.4 is 21.3 Å². The minimum absolute atomic E-state index is 0.00442. The molecule has 0 bridgehead atoms. The monoisotopic (exact) mass is 858 g/mol. The standard InChI is InChI=1S/C37H52BrClN4O12/c1-5-32(52)55-37(20(2)12-24-23-7-6-21-13-22(44)10-11-34(21,3)36(23,39)26(45)14-35(24,37)4)27(46)18-54-19-42-29(48)16-41-33(53)25(8-9-31(50)51)43-30(49)17-40-28(47)15-38/h10-11,13,20,22-26,44-45H,5-9,12,14-19H2,1-4H3,(H,40,47)(H,41,53)(H,42,48)(H,43,49)(H,50,51)/t20-,22?,23-,24?,25-,26-,34-,35-,36-,37-/m0/s1. The highest BCUT2D eigenvalue weighted by atomic mass is 79.9. The second-order valence-corrected chi connectivity index (χ2v) is 16.5. The first-order valence-electron chi connectivity index (χ1n) is 18.5. The molecule has 2 unspecified atom stereocenters. The smallest absolute Gasteiger partial charge is 0.306 e. The van der Waals surface area contributed by atoms with Gasteiger partial charge in [-0.25, -0.2) is 0 Å². The number of carboxylic acid groups (broad SMARTS) is 1. The number of aliphatic hydroxyl groups excluding tert-OH is 2. The Labute approximate surface area is 333 Å². The van der Waals surface area contributed by atoms with E-state index in [1.165, 1.54) is 0 Å². The molecule has 0 aromatic rings. The highest BCUT2D eigenvalue weighted by molar-refractivity contribution is 9.09. The number of halogens is 2. The van der Waals surface area contributed by atoms with Crippen LogP contribution in [0.5, 0.6) is 0 Å². The van der Waals surface area contributed by atoms with Crippen LogP contribution in [0.15, 0.2) is 23.8 Å². The van der Waals surface area contributed by atoms with Gasteiger partial charge >= 0.3 is 11.9 Å². The number of carbonyl (C=O) groups excluding carboxylic acids is 6. The zero-order valence-corrected chi connectivity index (χ0v) is 33.8. The van der Waals surface area contributed by atoms with E-state index in [2.05, 4.69) is 37.2 Å². The van der Waals surface area contributed by atoms with Crippen molar-refractivity contribution in [2.45, 2.75) is 101 Å². The third-order valence-corrected chi connectivity index (χ3v) is 13.6. The predicted molar refractivity (Wildman–Crippen MR) is 200 cm³/mol. The third-order valence-electron chi connectivity index (χ3n) is 12.2. The number of Topliss-reactive ketones (excluding diaryl/α,β-unsaturated/α-hetero) is 1. The number of esters is 1. The number of alkyl halides is 2. The van der Waals surface area contributed by atoms with E-state index in [4.69, 9.17) is 26.2 Å². The second-order valence-electron chi connectivity index (χ2n) is 15.3. The molecule has 0 spiro atoms. The minimum Gasteiger partial charge on any atom is -0.481 e. The van der Waals surface area contributed by atoms with Crippen LogP contribution in [0.4, 0.5) is 0 Å². The molecular formula is C37H52BrClN4O12. The van der Waals surface area contributed by atoms with Crippen LogP contribution in [0.2, 0.25) is 0 Å². The normalized spacial score (nSPS) is 33.7. The van der Waals surface area contributed by atoms with E-state index in [-0.39, 0.29) is 36.4 Å². The fourth-order valence-corrected chi connectivity index (χ4v) is 10.2. The number of carbonyl (C=O) groups is 7. The van der Waals surface area contributed by atoms with Crippen molar-refractivity contribution in [3.05, 3.63) is 23.8 Å². The molecule has 0 heterocycles. The highest BCUT2D eigenvalue weighted by Crippen LogP contribution is 2.72. The summed E-state index contributed by atoms with van der Waals surface area (Å²) in [6, 6.07) is -1.31. The van der Waals surface area contributed by atoms with Gasteiger partial charge in [0, 0.05) is 29.6 Å². The number of hydrogen-bond acceptors (Lipinski definition) is 11. The van der Waals surface area contributed by atoms with E-state index in [1.54, 1.807) is 19.1 Å². The van der Waals surface area contributed by atoms with Crippen molar-refractivity contribution in [2.24, 2.45) is 28.6 Å². The molecule has 0 aromatic heterocycles. The molecule has 3 saturated carbocycles. The van der Waals surface area contributed by atoms with Gasteiger partial charge in [-0.15, -0.1) is 11.6 Å². The molecule has 0 radical (unpaired) electrons. The lowest BCUT2D eigenvalue weighted by molar-refractivity contribution is -0.203. The molecule has 7 N–H and O–H groups in total. The quantitative estimate of drug-likeness (QED) is 0.0356. The highest BCUT2D eigenvalue weighted by Gasteiger charge is 2.76. The third kappa shape index (κ3) is 8.65. The SMILES string of the molecule is CCC(=O)O[C@]1(C(=O)COCNC(=O)CNC(=O)[C@H](CCC(=O)O)NC(=O)CNC(=O)CBr)[C@@H](C)CC2[C@@H]3CCC4=CC(O)C=C[C@]4(C)[C@@]3(Cl)[C@@H](O)C[C@@]21C. The lowest BCUT2D eigenvalue weighted by Crippen LogP contribution is -2.69. The zero-order chi connectivity index (χ0) is 40.9. The second kappa shape index (κ2) is 17.8. The van der Waals surface area contributed by atoms with E-state index in [9.17, 15) is 43.8 Å². The van der Waals surface area contributed by atoms with Gasteiger partial charge in [-0.3, -0.25) is 33.6 Å². The summed E-state index contributed by atoms with van der Waals surface area (Å²) in [5.41, 5.74) is -2.51. The number of amides is 4. The van der Waals surface area contributed by atoms with Gasteiger partial charge in [-0.05, 0) is 43.9 Å². The van der Waals surface area contributed by atoms with Crippen LogP contribution in [-0.4, -0.2) is 117 Å². The Morgan fingerprint density at radius 1 is 1.02 bits per heavy atom. The number of nitrogens with one attached hydrogen (secondary N) is 4. The molecule has 18 heteroatoms. The van der Waals surface area contributed by atoms with Crippen molar-refractivity contribution in [3.8, 4) is 0 Å². The summed E-state index contributed by atoms with van der Waals surface area (Å²) in [5.74, 6) is -6.08. The van der Waals surface area contributed by atoms with Crippen LogP contribution in [-0.2, 0) is 43.0 Å². The molecule has 4 aliphatic rings. The number of hydrogen-bond donors (Lipinski definition) is 7. The molecule has 0 aliphatic heterocycles. The van der Waals surface area contributed by atoms with Gasteiger partial charge in [0.05, 0.1) is 35.5 Å². The van der Waals surface area contributed by atoms with Gasteiger partial charge < -0.3 is 46.1 Å². The van der Waals surface area contributed by atoms with Gasteiger partial charge in [0.1, 0.15) is 19.4 Å². The summed E-state index contributed by atoms with van der Waals surface area (Å²) in [4.78, 5) is 86.3. The molecule has 55 heavy (non-hydrogen) atoms. The minimum atomic E-state index is -1.68. The van der Waals surface area contributed by atoms with Crippen LogP contribution in [0.1, 0.15) is 72.6 Å². The molecular weight excluding hydrogens is 808 g/mol. The first-order chi connectivity index (χ1) is 25.8. The number of ether oxygens (including phenoxy) is 2. The summed E-state index contributed by atoms with van der Waals surface area (Å²) in [7, 11) is 0. The number of carboxylic acids is 1. The largest absolute Gasteiger partial charge is 0.481 e. The van der Waals surface area contributed by atoms with Gasteiger partial charge in [0.15, 0.2) is 5.60 Å². The fraction of sp³-hybridized carbons (Fsp3) is 0.703. The Bertz CT molecular complexity index is 1610. The summed E-state index contributed by atoms with van der Waals surface area (Å²) < 4.78 is 11.8. The Balaban J connectivity index is 1.41. The number of ketones is 1. The fourth-order valence-electron chi connectivity index (χ4n) is 9.51. The molecule has 10 atom stereocenters. The van der Waals surface area contributed by atoms with E-state index in [1.807, 2.05) is 26.8 Å². The Morgan fingerprint density at radius 2 is 1.71 bits per heavy atom. The topological polar surface area (TPSA) is 247 Å². The van der Waals surface area contributed by atoms with E-state index < -0.39 is 120 Å². The van der Waals surface area contributed by atoms with E-state index >= 15 is 0 Å². The molecule has 0 saturated heterocycles. The summed E-state index contributed by atoms with van der Waals surface area (Å²) >= 11 is 10.5. The lowest BCUT2D eigenvalue weighted by Gasteiger charge is -2.64. The average Bonchev–Trinajstić information content (AvgIpc) is 3.35. The Morgan fingerprint density at radius 3 is 2.36 bits per heavy atom. The Hall–Kier alpha value is -3.38. The molecule has 306 valence electrons. The summed E-state index contributed by atoms with van der Waals surface area (Å²) in [5, 5.41) is 40.7.